The minimum atomic E-state index is -4.58. The molecule has 1 amide bonds. The maximum atomic E-state index is 13.7. The molecule has 0 radical (unpaired) electrons. The molecule has 1 N–H and O–H groups in total. The number of amides is 1. The minimum absolute atomic E-state index is 0.0208. The van der Waals surface area contributed by atoms with Gasteiger partial charge in [0.25, 0.3) is 5.91 Å². The average Bonchev–Trinajstić information content (AvgIpc) is 3.41. The Morgan fingerprint density at radius 2 is 1.79 bits per heavy atom. The van der Waals surface area contributed by atoms with E-state index in [1.807, 2.05) is 0 Å². The summed E-state index contributed by atoms with van der Waals surface area (Å²) in [5.41, 5.74) is -1.24. The Morgan fingerprint density at radius 3 is 2.34 bits per heavy atom. The summed E-state index contributed by atoms with van der Waals surface area (Å²) in [6.07, 6.45) is -1.96. The summed E-state index contributed by atoms with van der Waals surface area (Å²) in [5, 5.41) is 5.73. The first-order chi connectivity index (χ1) is 13.7. The number of nitrogens with zero attached hydrogens (tertiary/aromatic N) is 3. The fraction of sp³-hybridized carbons (Fsp3) is 0.211. The van der Waals surface area contributed by atoms with Crippen LogP contribution in [0.15, 0.2) is 42.6 Å². The molecule has 1 aliphatic carbocycles. The van der Waals surface area contributed by atoms with Crippen LogP contribution in [0.2, 0.25) is 0 Å². The zero-order valence-corrected chi connectivity index (χ0v) is 14.7. The molecule has 2 heterocycles. The van der Waals surface area contributed by atoms with Crippen LogP contribution in [0.1, 0.15) is 40.5 Å². The van der Waals surface area contributed by atoms with Gasteiger partial charge in [0.05, 0.1) is 5.56 Å². The van der Waals surface area contributed by atoms with Gasteiger partial charge in [-0.3, -0.25) is 4.79 Å². The smallest absolute Gasteiger partial charge is 0.317 e. The van der Waals surface area contributed by atoms with Crippen molar-refractivity contribution in [1.29, 1.82) is 0 Å². The van der Waals surface area contributed by atoms with Gasteiger partial charge in [-0.1, -0.05) is 6.07 Å². The zero-order chi connectivity index (χ0) is 20.8. The van der Waals surface area contributed by atoms with Crippen molar-refractivity contribution in [3.05, 3.63) is 71.2 Å². The molecule has 0 saturated heterocycles. The third-order valence-electron chi connectivity index (χ3n) is 4.45. The molecule has 0 spiro atoms. The standard InChI is InChI=1S/C19H13F5N4O/c20-12-2-1-3-13(21)17(12)26-18(29)11-6-7-16(25-9-11)28-14(10-4-5-10)8-15(27-28)19(22,23)24/h1-3,6-10H,4-5H2,(H,26,29). The van der Waals surface area contributed by atoms with Crippen LogP contribution in [0.5, 0.6) is 0 Å². The SMILES string of the molecule is O=C(Nc1c(F)cccc1F)c1ccc(-n2nc(C(F)(F)F)cc2C2CC2)nc1. The van der Waals surface area contributed by atoms with E-state index in [0.29, 0.717) is 5.69 Å². The van der Waals surface area contributed by atoms with Crippen molar-refractivity contribution in [3.8, 4) is 5.82 Å². The highest BCUT2D eigenvalue weighted by Crippen LogP contribution is 2.42. The Hall–Kier alpha value is -3.30. The van der Waals surface area contributed by atoms with Crippen LogP contribution >= 0.6 is 0 Å². The monoisotopic (exact) mass is 408 g/mol. The van der Waals surface area contributed by atoms with Gasteiger partial charge in [0.15, 0.2) is 11.5 Å². The number of aromatic nitrogens is 3. The van der Waals surface area contributed by atoms with Crippen LogP contribution in [0.3, 0.4) is 0 Å². The van der Waals surface area contributed by atoms with Gasteiger partial charge >= 0.3 is 6.18 Å². The average molecular weight is 408 g/mol. The minimum Gasteiger partial charge on any atom is -0.317 e. The van der Waals surface area contributed by atoms with Crippen molar-refractivity contribution < 1.29 is 26.7 Å². The number of hydrogen-bond donors (Lipinski definition) is 1. The Bertz CT molecular complexity index is 1050. The Labute approximate surface area is 161 Å². The highest BCUT2D eigenvalue weighted by molar-refractivity contribution is 6.04. The number of pyridine rings is 1. The van der Waals surface area contributed by atoms with E-state index in [4.69, 9.17) is 0 Å². The van der Waals surface area contributed by atoms with Crippen molar-refractivity contribution in [2.45, 2.75) is 24.9 Å². The molecule has 3 aromatic rings. The molecule has 1 saturated carbocycles. The summed E-state index contributed by atoms with van der Waals surface area (Å²) < 4.78 is 67.5. The summed E-state index contributed by atoms with van der Waals surface area (Å²) in [6, 6.07) is 6.77. The van der Waals surface area contributed by atoms with E-state index < -0.39 is 35.1 Å². The second-order valence-corrected chi connectivity index (χ2v) is 6.59. The van der Waals surface area contributed by atoms with E-state index >= 15 is 0 Å². The topological polar surface area (TPSA) is 59.8 Å². The number of carbonyl (C=O) groups is 1. The lowest BCUT2D eigenvalue weighted by Gasteiger charge is -2.09. The largest absolute Gasteiger partial charge is 0.435 e. The number of nitrogens with one attached hydrogen (secondary N) is 1. The molecule has 150 valence electrons. The Balaban J connectivity index is 1.60. The second-order valence-electron chi connectivity index (χ2n) is 6.59. The number of halogens is 5. The quantitative estimate of drug-likeness (QED) is 0.637. The van der Waals surface area contributed by atoms with Crippen LogP contribution in [0.4, 0.5) is 27.6 Å². The summed E-state index contributed by atoms with van der Waals surface area (Å²) in [7, 11) is 0. The number of alkyl halides is 3. The van der Waals surface area contributed by atoms with Crippen LogP contribution in [-0.4, -0.2) is 20.7 Å². The fourth-order valence-corrected chi connectivity index (χ4v) is 2.84. The van der Waals surface area contributed by atoms with Crippen molar-refractivity contribution in [2.24, 2.45) is 0 Å². The third kappa shape index (κ3) is 3.82. The van der Waals surface area contributed by atoms with Gasteiger partial charge in [0.1, 0.15) is 17.3 Å². The molecule has 0 atom stereocenters. The second kappa shape index (κ2) is 6.94. The van der Waals surface area contributed by atoms with Crippen LogP contribution in [-0.2, 0) is 6.18 Å². The predicted molar refractivity (Wildman–Crippen MR) is 92.6 cm³/mol. The molecule has 0 bridgehead atoms. The number of rotatable bonds is 4. The lowest BCUT2D eigenvalue weighted by molar-refractivity contribution is -0.141. The number of para-hydroxylation sites is 1. The van der Waals surface area contributed by atoms with Crippen molar-refractivity contribution in [3.63, 3.8) is 0 Å². The van der Waals surface area contributed by atoms with Crippen molar-refractivity contribution >= 4 is 11.6 Å². The van der Waals surface area contributed by atoms with Gasteiger partial charge in [-0.15, -0.1) is 0 Å². The zero-order valence-electron chi connectivity index (χ0n) is 14.7. The molecule has 0 unspecified atom stereocenters. The van der Waals surface area contributed by atoms with Crippen LogP contribution in [0, 0.1) is 11.6 Å². The van der Waals surface area contributed by atoms with E-state index in [1.54, 1.807) is 0 Å². The molecular weight excluding hydrogens is 395 g/mol. The number of hydrogen-bond acceptors (Lipinski definition) is 3. The predicted octanol–water partition coefficient (Wildman–Crippen LogP) is 4.69. The summed E-state index contributed by atoms with van der Waals surface area (Å²) in [5.74, 6) is -2.60. The fourth-order valence-electron chi connectivity index (χ4n) is 2.84. The number of carbonyl (C=O) groups excluding carboxylic acids is 1. The lowest BCUT2D eigenvalue weighted by atomic mass is 10.2. The Kier molecular flexibility index (Phi) is 4.56. The van der Waals surface area contributed by atoms with Crippen LogP contribution in [0.25, 0.3) is 5.82 Å². The van der Waals surface area contributed by atoms with Gasteiger partial charge in [-0.25, -0.2) is 18.4 Å². The van der Waals surface area contributed by atoms with Gasteiger partial charge in [-0.2, -0.15) is 18.3 Å². The maximum absolute atomic E-state index is 13.7. The molecule has 4 rings (SSSR count). The molecular formula is C19H13F5N4O. The van der Waals surface area contributed by atoms with Gasteiger partial charge in [0, 0.05) is 17.8 Å². The van der Waals surface area contributed by atoms with E-state index in [-0.39, 0.29) is 17.3 Å². The van der Waals surface area contributed by atoms with Crippen LogP contribution < -0.4 is 5.32 Å². The highest BCUT2D eigenvalue weighted by Gasteiger charge is 2.38. The first kappa shape index (κ1) is 19.0. The molecule has 10 heteroatoms. The lowest BCUT2D eigenvalue weighted by Crippen LogP contribution is -2.15. The first-order valence-electron chi connectivity index (χ1n) is 8.63. The highest BCUT2D eigenvalue weighted by atomic mass is 19.4. The van der Waals surface area contributed by atoms with Gasteiger partial charge in [0.2, 0.25) is 0 Å². The molecule has 0 aliphatic heterocycles. The number of benzene rings is 1. The van der Waals surface area contributed by atoms with Crippen molar-refractivity contribution in [2.75, 3.05) is 5.32 Å². The van der Waals surface area contributed by atoms with Gasteiger partial charge < -0.3 is 5.32 Å². The normalized spacial score (nSPS) is 14.1. The van der Waals surface area contributed by atoms with E-state index in [0.717, 1.165) is 48.0 Å². The first-order valence-corrected chi connectivity index (χ1v) is 8.63. The van der Waals surface area contributed by atoms with Gasteiger partial charge in [-0.05, 0) is 43.2 Å². The summed E-state index contributed by atoms with van der Waals surface area (Å²) in [4.78, 5) is 16.2. The number of anilines is 1. The summed E-state index contributed by atoms with van der Waals surface area (Å²) in [6.45, 7) is 0. The molecule has 2 aromatic heterocycles. The van der Waals surface area contributed by atoms with E-state index in [2.05, 4.69) is 15.4 Å². The molecule has 5 nitrogen and oxygen atoms in total. The summed E-state index contributed by atoms with van der Waals surface area (Å²) >= 11 is 0. The Morgan fingerprint density at radius 1 is 1.10 bits per heavy atom. The molecule has 1 aromatic carbocycles. The molecule has 1 aliphatic rings. The third-order valence-corrected chi connectivity index (χ3v) is 4.45. The van der Waals surface area contributed by atoms with Crippen molar-refractivity contribution in [1.82, 2.24) is 14.8 Å². The van der Waals surface area contributed by atoms with E-state index in [9.17, 15) is 26.7 Å². The molecule has 29 heavy (non-hydrogen) atoms. The van der Waals surface area contributed by atoms with E-state index in [1.165, 1.54) is 12.1 Å². The maximum Gasteiger partial charge on any atom is 0.435 e. The molecule has 1 fully saturated rings.